The number of amides is 1. The van der Waals surface area contributed by atoms with Crippen LogP contribution < -0.4 is 0 Å². The summed E-state index contributed by atoms with van der Waals surface area (Å²) in [5.41, 5.74) is 0.780. The van der Waals surface area contributed by atoms with Crippen LogP contribution in [0.2, 0.25) is 0 Å². The maximum Gasteiger partial charge on any atom is 0.279 e. The van der Waals surface area contributed by atoms with E-state index in [1.807, 2.05) is 18.2 Å². The zero-order valence-electron chi connectivity index (χ0n) is 6.77. The first-order valence-corrected chi connectivity index (χ1v) is 3.88. The fourth-order valence-electron chi connectivity index (χ4n) is 1.28. The molecule has 0 saturated heterocycles. The molecule has 64 valence electrons. The van der Waals surface area contributed by atoms with E-state index < -0.39 is 5.92 Å². The second-order valence-corrected chi connectivity index (χ2v) is 2.77. The topological polar surface area (TPSA) is 65.6 Å². The fraction of sp³-hybridized carbons (Fsp3) is 0.111. The SMILES string of the molecule is N=C1N=NC(=O)C1c1ccccc1. The van der Waals surface area contributed by atoms with Crippen LogP contribution in [0.5, 0.6) is 0 Å². The highest BCUT2D eigenvalue weighted by Gasteiger charge is 2.30. The number of carbonyl (C=O) groups is 1. The number of benzene rings is 1. The van der Waals surface area contributed by atoms with E-state index in [0.29, 0.717) is 0 Å². The quantitative estimate of drug-likeness (QED) is 0.690. The summed E-state index contributed by atoms with van der Waals surface area (Å²) in [7, 11) is 0. The molecule has 1 atom stereocenters. The molecule has 2 rings (SSSR count). The molecule has 1 aromatic carbocycles. The Bertz CT molecular complexity index is 365. The first kappa shape index (κ1) is 7.79. The lowest BCUT2D eigenvalue weighted by molar-refractivity contribution is -0.117. The smallest absolute Gasteiger partial charge is 0.279 e. The van der Waals surface area contributed by atoms with Gasteiger partial charge in [0.2, 0.25) is 0 Å². The number of nitrogens with one attached hydrogen (secondary N) is 1. The van der Waals surface area contributed by atoms with Gasteiger partial charge in [-0.05, 0) is 5.56 Å². The minimum absolute atomic E-state index is 0.0243. The van der Waals surface area contributed by atoms with E-state index in [9.17, 15) is 4.79 Å². The Kier molecular flexibility index (Phi) is 1.73. The van der Waals surface area contributed by atoms with Crippen LogP contribution >= 0.6 is 0 Å². The van der Waals surface area contributed by atoms with E-state index in [1.54, 1.807) is 12.1 Å². The average Bonchev–Trinajstić information content (AvgIpc) is 2.48. The largest absolute Gasteiger partial charge is 0.284 e. The minimum Gasteiger partial charge on any atom is -0.284 e. The predicted molar refractivity (Wildman–Crippen MR) is 46.8 cm³/mol. The summed E-state index contributed by atoms with van der Waals surface area (Å²) in [6.07, 6.45) is 0. The van der Waals surface area contributed by atoms with Gasteiger partial charge in [0.05, 0.1) is 0 Å². The second kappa shape index (κ2) is 2.90. The Labute approximate surface area is 74.8 Å². The van der Waals surface area contributed by atoms with Gasteiger partial charge in [0.15, 0.2) is 5.84 Å². The van der Waals surface area contributed by atoms with Crippen molar-refractivity contribution >= 4 is 11.7 Å². The predicted octanol–water partition coefficient (Wildman–Crippen LogP) is 1.74. The third-order valence-electron chi connectivity index (χ3n) is 1.91. The van der Waals surface area contributed by atoms with Gasteiger partial charge in [-0.1, -0.05) is 30.3 Å². The number of hydrogen-bond donors (Lipinski definition) is 1. The van der Waals surface area contributed by atoms with Crippen molar-refractivity contribution in [1.82, 2.24) is 0 Å². The molecule has 4 nitrogen and oxygen atoms in total. The Morgan fingerprint density at radius 3 is 2.38 bits per heavy atom. The van der Waals surface area contributed by atoms with Crippen LogP contribution in [0.25, 0.3) is 0 Å². The highest BCUT2D eigenvalue weighted by atomic mass is 16.2. The molecular weight excluding hydrogens is 166 g/mol. The van der Waals surface area contributed by atoms with Gasteiger partial charge in [-0.3, -0.25) is 10.2 Å². The van der Waals surface area contributed by atoms with Gasteiger partial charge in [-0.15, -0.1) is 10.2 Å². The summed E-state index contributed by atoms with van der Waals surface area (Å²) in [4.78, 5) is 11.2. The van der Waals surface area contributed by atoms with Gasteiger partial charge in [-0.2, -0.15) is 0 Å². The summed E-state index contributed by atoms with van der Waals surface area (Å²) in [6, 6.07) is 9.12. The van der Waals surface area contributed by atoms with Gasteiger partial charge in [0.25, 0.3) is 5.91 Å². The molecule has 1 heterocycles. The zero-order valence-corrected chi connectivity index (χ0v) is 6.77. The first-order chi connectivity index (χ1) is 6.29. The summed E-state index contributed by atoms with van der Waals surface area (Å²) < 4.78 is 0. The molecule has 1 amide bonds. The monoisotopic (exact) mass is 173 g/mol. The standard InChI is InChI=1S/C9H7N3O/c10-8-7(9(13)12-11-8)6-4-2-1-3-5-6/h1-5,7,10H. The van der Waals surface area contributed by atoms with Gasteiger partial charge in [-0.25, -0.2) is 0 Å². The van der Waals surface area contributed by atoms with E-state index in [0.717, 1.165) is 5.56 Å². The Morgan fingerprint density at radius 1 is 1.15 bits per heavy atom. The third-order valence-corrected chi connectivity index (χ3v) is 1.91. The van der Waals surface area contributed by atoms with Crippen LogP contribution in [0.4, 0.5) is 0 Å². The lowest BCUT2D eigenvalue weighted by Gasteiger charge is -2.04. The molecule has 1 N–H and O–H groups in total. The van der Waals surface area contributed by atoms with Crippen molar-refractivity contribution in [2.45, 2.75) is 5.92 Å². The van der Waals surface area contributed by atoms with Crippen LogP contribution in [-0.2, 0) is 4.79 Å². The minimum atomic E-state index is -0.582. The van der Waals surface area contributed by atoms with Crippen LogP contribution in [0.15, 0.2) is 40.6 Å². The molecule has 0 radical (unpaired) electrons. The normalized spacial score (nSPS) is 21.1. The molecule has 0 aromatic heterocycles. The maximum atomic E-state index is 11.2. The number of rotatable bonds is 1. The maximum absolute atomic E-state index is 11.2. The van der Waals surface area contributed by atoms with E-state index in [-0.39, 0.29) is 11.7 Å². The van der Waals surface area contributed by atoms with E-state index in [1.165, 1.54) is 0 Å². The van der Waals surface area contributed by atoms with Crippen LogP contribution in [0.1, 0.15) is 11.5 Å². The summed E-state index contributed by atoms with van der Waals surface area (Å²) in [5, 5.41) is 14.2. The molecule has 1 aliphatic rings. The van der Waals surface area contributed by atoms with Crippen LogP contribution in [0.3, 0.4) is 0 Å². The Morgan fingerprint density at radius 2 is 1.85 bits per heavy atom. The summed E-state index contributed by atoms with van der Waals surface area (Å²) in [5.74, 6) is -0.909. The van der Waals surface area contributed by atoms with E-state index >= 15 is 0 Å². The lowest BCUT2D eigenvalue weighted by Crippen LogP contribution is -2.11. The number of hydrogen-bond acceptors (Lipinski definition) is 2. The molecular formula is C9H7N3O. The average molecular weight is 173 g/mol. The van der Waals surface area contributed by atoms with Gasteiger partial charge in [0.1, 0.15) is 5.92 Å². The molecule has 0 saturated carbocycles. The summed E-state index contributed by atoms with van der Waals surface area (Å²) in [6.45, 7) is 0. The van der Waals surface area contributed by atoms with E-state index in [2.05, 4.69) is 10.2 Å². The molecule has 0 bridgehead atoms. The van der Waals surface area contributed by atoms with Crippen LogP contribution in [0, 0.1) is 5.41 Å². The van der Waals surface area contributed by atoms with Gasteiger partial charge in [0, 0.05) is 0 Å². The Hall–Kier alpha value is -1.84. The van der Waals surface area contributed by atoms with Crippen molar-refractivity contribution in [3.8, 4) is 0 Å². The number of azo groups is 1. The lowest BCUT2D eigenvalue weighted by atomic mass is 9.98. The molecule has 1 unspecified atom stereocenters. The third kappa shape index (κ3) is 1.26. The molecule has 1 aromatic rings. The van der Waals surface area contributed by atoms with Crippen molar-refractivity contribution in [2.24, 2.45) is 10.2 Å². The fourth-order valence-corrected chi connectivity index (χ4v) is 1.28. The molecule has 1 aliphatic heterocycles. The summed E-state index contributed by atoms with van der Waals surface area (Å²) >= 11 is 0. The first-order valence-electron chi connectivity index (χ1n) is 3.88. The van der Waals surface area contributed by atoms with Crippen LogP contribution in [-0.4, -0.2) is 11.7 Å². The van der Waals surface area contributed by atoms with Gasteiger partial charge < -0.3 is 0 Å². The van der Waals surface area contributed by atoms with Gasteiger partial charge >= 0.3 is 0 Å². The highest BCUT2D eigenvalue weighted by molar-refractivity contribution is 6.11. The molecule has 0 aliphatic carbocycles. The van der Waals surface area contributed by atoms with Crippen molar-refractivity contribution in [1.29, 1.82) is 5.41 Å². The second-order valence-electron chi connectivity index (χ2n) is 2.77. The van der Waals surface area contributed by atoms with Crippen molar-refractivity contribution < 1.29 is 4.79 Å². The van der Waals surface area contributed by atoms with Crippen molar-refractivity contribution in [2.75, 3.05) is 0 Å². The molecule has 0 spiro atoms. The van der Waals surface area contributed by atoms with Crippen molar-refractivity contribution in [3.63, 3.8) is 0 Å². The van der Waals surface area contributed by atoms with E-state index in [4.69, 9.17) is 5.41 Å². The molecule has 13 heavy (non-hydrogen) atoms. The molecule has 0 fully saturated rings. The Balaban J connectivity index is 2.38. The number of amidine groups is 1. The number of nitrogens with zero attached hydrogens (tertiary/aromatic N) is 2. The number of carbonyl (C=O) groups excluding carboxylic acids is 1. The zero-order chi connectivity index (χ0) is 9.26. The van der Waals surface area contributed by atoms with Crippen molar-refractivity contribution in [3.05, 3.63) is 35.9 Å². The molecule has 4 heteroatoms. The highest BCUT2D eigenvalue weighted by Crippen LogP contribution is 2.23.